The first-order valence-electron chi connectivity index (χ1n) is 9.08. The molecule has 4 rings (SSSR count). The molecule has 0 amide bonds. The summed E-state index contributed by atoms with van der Waals surface area (Å²) in [7, 11) is 0. The van der Waals surface area contributed by atoms with Crippen LogP contribution >= 0.6 is 15.9 Å². The fourth-order valence-corrected chi connectivity index (χ4v) is 3.12. The second-order valence-electron chi connectivity index (χ2n) is 6.08. The molecule has 10 nitrogen and oxygen atoms in total. The Hall–Kier alpha value is -3.81. The van der Waals surface area contributed by atoms with Gasteiger partial charge in [-0.1, -0.05) is 6.92 Å². The third kappa shape index (κ3) is 6.12. The molecule has 33 heavy (non-hydrogen) atoms. The summed E-state index contributed by atoms with van der Waals surface area (Å²) in [6, 6.07) is 3.69. The van der Waals surface area contributed by atoms with Crippen molar-refractivity contribution in [2.45, 2.75) is 19.5 Å². The van der Waals surface area contributed by atoms with Crippen molar-refractivity contribution in [3.05, 3.63) is 53.4 Å². The van der Waals surface area contributed by atoms with Crippen LogP contribution in [0, 0.1) is 0 Å². The third-order valence-electron chi connectivity index (χ3n) is 3.80. The molecule has 172 valence electrons. The fourth-order valence-electron chi connectivity index (χ4n) is 2.38. The highest BCUT2D eigenvalue weighted by atomic mass is 79.9. The highest BCUT2D eigenvalue weighted by Gasteiger charge is 2.38. The van der Waals surface area contributed by atoms with E-state index in [2.05, 4.69) is 45.8 Å². The fraction of sp³-hybridized carbons (Fsp3) is 0.158. The van der Waals surface area contributed by atoms with Crippen molar-refractivity contribution >= 4 is 32.9 Å². The Morgan fingerprint density at radius 2 is 1.79 bits per heavy atom. The summed E-state index contributed by atoms with van der Waals surface area (Å²) in [5, 5.41) is 7.85. The van der Waals surface area contributed by atoms with Gasteiger partial charge in [-0.25, -0.2) is 14.8 Å². The Labute approximate surface area is 192 Å². The minimum atomic E-state index is -5.08. The van der Waals surface area contributed by atoms with E-state index in [1.54, 1.807) is 36.9 Å². The predicted molar refractivity (Wildman–Crippen MR) is 111 cm³/mol. The number of carboxylic acids is 1. The van der Waals surface area contributed by atoms with Gasteiger partial charge in [0.1, 0.15) is 17.7 Å². The summed E-state index contributed by atoms with van der Waals surface area (Å²) in [5.41, 5.74) is 1.59. The third-order valence-corrected chi connectivity index (χ3v) is 4.68. The molecular formula is C19H14BrF3N6O4. The first-order chi connectivity index (χ1) is 15.7. The van der Waals surface area contributed by atoms with E-state index in [1.165, 1.54) is 6.33 Å². The first kappa shape index (κ1) is 23.8. The van der Waals surface area contributed by atoms with Crippen molar-refractivity contribution in [3.63, 3.8) is 0 Å². The van der Waals surface area contributed by atoms with Gasteiger partial charge in [-0.2, -0.15) is 23.1 Å². The molecule has 0 radical (unpaired) electrons. The van der Waals surface area contributed by atoms with E-state index in [1.807, 2.05) is 6.92 Å². The molecule has 0 bridgehead atoms. The quantitative estimate of drug-likeness (QED) is 0.379. The van der Waals surface area contributed by atoms with Crippen LogP contribution in [0.15, 0.2) is 47.7 Å². The van der Waals surface area contributed by atoms with Gasteiger partial charge in [-0.3, -0.25) is 4.98 Å². The van der Waals surface area contributed by atoms with E-state index in [0.29, 0.717) is 23.0 Å². The molecule has 0 aliphatic heterocycles. The maximum Gasteiger partial charge on any atom is 0.490 e. The Balaban J connectivity index is 0.000000383. The van der Waals surface area contributed by atoms with Crippen LogP contribution in [-0.4, -0.2) is 47.2 Å². The van der Waals surface area contributed by atoms with Gasteiger partial charge in [-0.15, -0.1) is 0 Å². The van der Waals surface area contributed by atoms with Crippen LogP contribution in [0.4, 0.5) is 13.2 Å². The SMILES string of the molecule is CCc1[nH]c2nc(Oc3cccnc3)nc(Oc3cncnc3)c2c1Br.O=C(O)C(F)(F)F. The summed E-state index contributed by atoms with van der Waals surface area (Å²) >= 11 is 3.59. The smallest absolute Gasteiger partial charge is 0.475 e. The zero-order valence-corrected chi connectivity index (χ0v) is 18.3. The van der Waals surface area contributed by atoms with Gasteiger partial charge >= 0.3 is 18.2 Å². The van der Waals surface area contributed by atoms with Gasteiger partial charge < -0.3 is 19.6 Å². The van der Waals surface area contributed by atoms with Crippen LogP contribution in [0.5, 0.6) is 23.4 Å². The van der Waals surface area contributed by atoms with E-state index in [9.17, 15) is 13.2 Å². The second-order valence-corrected chi connectivity index (χ2v) is 6.87. The minimum absolute atomic E-state index is 0.147. The van der Waals surface area contributed by atoms with Crippen LogP contribution in [-0.2, 0) is 11.2 Å². The first-order valence-corrected chi connectivity index (χ1v) is 9.87. The lowest BCUT2D eigenvalue weighted by atomic mass is 10.3. The van der Waals surface area contributed by atoms with Crippen LogP contribution in [0.25, 0.3) is 11.0 Å². The van der Waals surface area contributed by atoms with Gasteiger partial charge in [0, 0.05) is 11.9 Å². The van der Waals surface area contributed by atoms with Crippen LogP contribution in [0.1, 0.15) is 12.6 Å². The Kier molecular flexibility index (Phi) is 7.37. The molecule has 4 aromatic heterocycles. The molecule has 0 unspecified atom stereocenters. The van der Waals surface area contributed by atoms with Crippen molar-refractivity contribution in [3.8, 4) is 23.4 Å². The molecule has 4 heterocycles. The summed E-state index contributed by atoms with van der Waals surface area (Å²) < 4.78 is 44.2. The number of carboxylic acid groups (broad SMARTS) is 1. The molecule has 2 N–H and O–H groups in total. The molecule has 0 saturated heterocycles. The lowest BCUT2D eigenvalue weighted by Crippen LogP contribution is -2.21. The number of carbonyl (C=O) groups is 1. The lowest BCUT2D eigenvalue weighted by molar-refractivity contribution is -0.192. The number of pyridine rings is 1. The van der Waals surface area contributed by atoms with E-state index in [4.69, 9.17) is 19.4 Å². The van der Waals surface area contributed by atoms with E-state index >= 15 is 0 Å². The average Bonchev–Trinajstić information content (AvgIpc) is 3.10. The highest BCUT2D eigenvalue weighted by Crippen LogP contribution is 2.37. The number of aliphatic carboxylic acids is 1. The van der Waals surface area contributed by atoms with E-state index in [-0.39, 0.29) is 6.01 Å². The molecular weight excluding hydrogens is 513 g/mol. The standard InChI is InChI=1S/C17H13BrN6O2.C2HF3O2/c1-2-12-14(18)13-15(22-12)23-17(26-10-4-3-5-19-6-10)24-16(13)25-11-7-20-9-21-8-11;3-2(4,5)1(6)7/h3-9H,2H2,1H3,(H,22,23,24);(H,6,7). The number of nitrogens with zero attached hydrogens (tertiary/aromatic N) is 5. The molecule has 0 atom stereocenters. The average molecular weight is 527 g/mol. The van der Waals surface area contributed by atoms with Crippen LogP contribution in [0.3, 0.4) is 0 Å². The van der Waals surface area contributed by atoms with Crippen molar-refractivity contribution in [2.24, 2.45) is 0 Å². The number of aromatic nitrogens is 6. The maximum atomic E-state index is 10.6. The van der Waals surface area contributed by atoms with Crippen molar-refractivity contribution in [1.82, 2.24) is 29.9 Å². The van der Waals surface area contributed by atoms with Gasteiger partial charge in [0.15, 0.2) is 5.75 Å². The molecule has 0 fully saturated rings. The minimum Gasteiger partial charge on any atom is -0.475 e. The van der Waals surface area contributed by atoms with E-state index in [0.717, 1.165) is 22.0 Å². The number of H-pyrrole nitrogens is 1. The second kappa shape index (κ2) is 10.2. The normalized spacial score (nSPS) is 10.9. The number of hydrogen-bond donors (Lipinski definition) is 2. The van der Waals surface area contributed by atoms with Gasteiger partial charge in [0.05, 0.1) is 28.4 Å². The lowest BCUT2D eigenvalue weighted by Gasteiger charge is -2.08. The van der Waals surface area contributed by atoms with Crippen molar-refractivity contribution in [2.75, 3.05) is 0 Å². The van der Waals surface area contributed by atoms with Crippen molar-refractivity contribution < 1.29 is 32.5 Å². The topological polar surface area (TPSA) is 136 Å². The predicted octanol–water partition coefficient (Wildman–Crippen LogP) is 4.69. The summed E-state index contributed by atoms with van der Waals surface area (Å²) in [4.78, 5) is 32.9. The largest absolute Gasteiger partial charge is 0.490 e. The molecule has 0 saturated carbocycles. The van der Waals surface area contributed by atoms with Gasteiger partial charge in [0.25, 0.3) is 0 Å². The molecule has 0 spiro atoms. The number of halogens is 4. The maximum absolute atomic E-state index is 10.6. The van der Waals surface area contributed by atoms with Crippen LogP contribution < -0.4 is 9.47 Å². The number of hydrogen-bond acceptors (Lipinski definition) is 8. The summed E-state index contributed by atoms with van der Waals surface area (Å²) in [6.45, 7) is 2.04. The number of nitrogens with one attached hydrogen (secondary N) is 1. The number of fused-ring (bicyclic) bond motifs is 1. The number of rotatable bonds is 5. The molecule has 0 aromatic carbocycles. The number of ether oxygens (including phenoxy) is 2. The zero-order valence-electron chi connectivity index (χ0n) is 16.7. The Morgan fingerprint density at radius 1 is 1.12 bits per heavy atom. The van der Waals surface area contributed by atoms with Gasteiger partial charge in [0.2, 0.25) is 5.88 Å². The Bertz CT molecular complexity index is 1240. The number of aryl methyl sites for hydroxylation is 1. The molecule has 14 heteroatoms. The highest BCUT2D eigenvalue weighted by molar-refractivity contribution is 9.10. The monoisotopic (exact) mass is 526 g/mol. The molecule has 0 aliphatic carbocycles. The summed E-state index contributed by atoms with van der Waals surface area (Å²) in [5.74, 6) is -1.42. The molecule has 4 aromatic rings. The number of alkyl halides is 3. The Morgan fingerprint density at radius 3 is 2.36 bits per heavy atom. The number of aromatic amines is 1. The van der Waals surface area contributed by atoms with Gasteiger partial charge in [-0.05, 0) is 34.5 Å². The zero-order chi connectivity index (χ0) is 24.0. The summed E-state index contributed by atoms with van der Waals surface area (Å²) in [6.07, 6.45) is 3.51. The van der Waals surface area contributed by atoms with Crippen LogP contribution in [0.2, 0.25) is 0 Å². The molecule has 0 aliphatic rings. The van der Waals surface area contributed by atoms with Crippen molar-refractivity contribution in [1.29, 1.82) is 0 Å². The van der Waals surface area contributed by atoms with E-state index < -0.39 is 12.1 Å².